The van der Waals surface area contributed by atoms with Crippen LogP contribution in [0.4, 0.5) is 0 Å². The van der Waals surface area contributed by atoms with Crippen LogP contribution in [0.1, 0.15) is 34.4 Å². The molecule has 1 aromatic heterocycles. The lowest BCUT2D eigenvalue weighted by Gasteiger charge is -2.33. The third kappa shape index (κ3) is 6.02. The molecule has 1 aliphatic heterocycles. The van der Waals surface area contributed by atoms with Crippen molar-refractivity contribution in [2.24, 2.45) is 0 Å². The maximum atomic E-state index is 12.9. The normalized spacial score (nSPS) is 13.9. The van der Waals surface area contributed by atoms with Crippen molar-refractivity contribution in [1.82, 2.24) is 19.7 Å². The molecule has 2 heterocycles. The van der Waals surface area contributed by atoms with Crippen molar-refractivity contribution in [3.63, 3.8) is 0 Å². The number of nitrogens with zero attached hydrogens (tertiary/aromatic N) is 4. The molecule has 34 heavy (non-hydrogen) atoms. The van der Waals surface area contributed by atoms with E-state index in [1.165, 1.54) is 11.8 Å². The topological polar surface area (TPSA) is 79.1 Å². The predicted molar refractivity (Wildman–Crippen MR) is 127 cm³/mol. The number of hydrogen-bond donors (Lipinski definition) is 0. The van der Waals surface area contributed by atoms with Crippen molar-refractivity contribution in [3.05, 3.63) is 83.6 Å². The Labute approximate surface area is 199 Å². The van der Waals surface area contributed by atoms with E-state index in [4.69, 9.17) is 9.15 Å². The Kier molecular flexibility index (Phi) is 7.59. The summed E-state index contributed by atoms with van der Waals surface area (Å²) in [4.78, 5) is 34.6. The van der Waals surface area contributed by atoms with Crippen molar-refractivity contribution in [2.75, 3.05) is 33.3 Å². The second kappa shape index (κ2) is 11.0. The molecule has 0 N–H and O–H groups in total. The van der Waals surface area contributed by atoms with Gasteiger partial charge in [0.1, 0.15) is 12.0 Å². The molecule has 0 radical (unpaired) electrons. The summed E-state index contributed by atoms with van der Waals surface area (Å²) in [6, 6.07) is 18.2. The number of aromatic nitrogens is 1. The molecule has 0 spiro atoms. The fourth-order valence-corrected chi connectivity index (χ4v) is 4.06. The van der Waals surface area contributed by atoms with Crippen LogP contribution < -0.4 is 4.74 Å². The zero-order chi connectivity index (χ0) is 23.9. The lowest BCUT2D eigenvalue weighted by Crippen LogP contribution is -2.50. The average Bonchev–Trinajstić information content (AvgIpc) is 3.33. The molecule has 8 heteroatoms. The number of oxazole rings is 1. The van der Waals surface area contributed by atoms with E-state index in [0.29, 0.717) is 57.4 Å². The Hall–Kier alpha value is -3.65. The molecule has 0 aliphatic carbocycles. The summed E-state index contributed by atoms with van der Waals surface area (Å²) in [6.07, 6.45) is 1.43. The lowest BCUT2D eigenvalue weighted by atomic mass is 10.1. The number of carbonyl (C=O) groups excluding carboxylic acids is 2. The first-order valence-corrected chi connectivity index (χ1v) is 11.4. The zero-order valence-corrected chi connectivity index (χ0v) is 19.6. The van der Waals surface area contributed by atoms with Crippen LogP contribution in [-0.2, 0) is 24.4 Å². The van der Waals surface area contributed by atoms with E-state index in [1.807, 2.05) is 42.5 Å². The fourth-order valence-electron chi connectivity index (χ4n) is 4.06. The van der Waals surface area contributed by atoms with Crippen LogP contribution in [0.3, 0.4) is 0 Å². The highest BCUT2D eigenvalue weighted by Gasteiger charge is 2.25. The molecule has 8 nitrogen and oxygen atoms in total. The van der Waals surface area contributed by atoms with Gasteiger partial charge in [-0.25, -0.2) is 4.98 Å². The van der Waals surface area contributed by atoms with E-state index in [9.17, 15) is 9.59 Å². The molecular weight excluding hydrogens is 432 g/mol. The Bertz CT molecular complexity index is 1090. The number of rotatable bonds is 8. The molecule has 0 unspecified atom stereocenters. The number of piperazine rings is 1. The summed E-state index contributed by atoms with van der Waals surface area (Å²) in [5.74, 6) is 1.18. The van der Waals surface area contributed by atoms with Crippen molar-refractivity contribution < 1.29 is 18.7 Å². The highest BCUT2D eigenvalue weighted by atomic mass is 16.5. The molecule has 1 fully saturated rings. The van der Waals surface area contributed by atoms with Gasteiger partial charge in [-0.15, -0.1) is 0 Å². The number of amides is 2. The summed E-state index contributed by atoms with van der Waals surface area (Å²) >= 11 is 0. The van der Waals surface area contributed by atoms with Crippen LogP contribution in [0.5, 0.6) is 5.75 Å². The van der Waals surface area contributed by atoms with E-state index < -0.39 is 0 Å². The monoisotopic (exact) mass is 462 g/mol. The molecule has 2 aromatic carbocycles. The molecule has 3 aromatic rings. The first-order chi connectivity index (χ1) is 16.5. The number of hydrogen-bond acceptors (Lipinski definition) is 6. The molecule has 178 valence electrons. The van der Waals surface area contributed by atoms with E-state index in [2.05, 4.69) is 22.0 Å². The van der Waals surface area contributed by atoms with Gasteiger partial charge in [0.2, 0.25) is 11.8 Å². The summed E-state index contributed by atoms with van der Waals surface area (Å²) in [6.45, 7) is 5.50. The molecule has 1 aliphatic rings. The predicted octanol–water partition coefficient (Wildman–Crippen LogP) is 3.19. The van der Waals surface area contributed by atoms with Crippen molar-refractivity contribution in [1.29, 1.82) is 0 Å². The molecule has 1 saturated heterocycles. The SMILES string of the molecule is COc1ccc(CN(Cc2ccccc2)Cc2nc(C(=O)N3CCN(C(C)=O)CC3)co2)cc1. The van der Waals surface area contributed by atoms with Gasteiger partial charge in [0.05, 0.1) is 13.7 Å². The van der Waals surface area contributed by atoms with Crippen LogP contribution in [0.15, 0.2) is 65.3 Å². The largest absolute Gasteiger partial charge is 0.497 e. The van der Waals surface area contributed by atoms with E-state index in [-0.39, 0.29) is 11.8 Å². The third-order valence-electron chi connectivity index (χ3n) is 5.96. The second-order valence-electron chi connectivity index (χ2n) is 8.40. The number of methoxy groups -OCH3 is 1. The van der Waals surface area contributed by atoms with E-state index in [1.54, 1.807) is 23.8 Å². The Balaban J connectivity index is 1.43. The molecule has 4 rings (SSSR count). The van der Waals surface area contributed by atoms with Crippen LogP contribution in [0.25, 0.3) is 0 Å². The molecule has 0 bridgehead atoms. The maximum Gasteiger partial charge on any atom is 0.275 e. The lowest BCUT2D eigenvalue weighted by molar-refractivity contribution is -0.130. The highest BCUT2D eigenvalue weighted by molar-refractivity contribution is 5.92. The Morgan fingerprint density at radius 1 is 0.912 bits per heavy atom. The van der Waals surface area contributed by atoms with Gasteiger partial charge in [-0.05, 0) is 23.3 Å². The highest BCUT2D eigenvalue weighted by Crippen LogP contribution is 2.18. The minimum Gasteiger partial charge on any atom is -0.497 e. The first-order valence-electron chi connectivity index (χ1n) is 11.4. The number of ether oxygens (including phenoxy) is 1. The smallest absolute Gasteiger partial charge is 0.275 e. The quantitative estimate of drug-likeness (QED) is 0.512. The van der Waals surface area contributed by atoms with Gasteiger partial charge in [0.25, 0.3) is 5.91 Å². The van der Waals surface area contributed by atoms with Gasteiger partial charge in [0, 0.05) is 46.2 Å². The van der Waals surface area contributed by atoms with Gasteiger partial charge in [-0.1, -0.05) is 42.5 Å². The van der Waals surface area contributed by atoms with Crippen LogP contribution in [-0.4, -0.2) is 64.8 Å². The van der Waals surface area contributed by atoms with Gasteiger partial charge in [-0.3, -0.25) is 14.5 Å². The molecule has 0 saturated carbocycles. The number of benzene rings is 2. The minimum atomic E-state index is -0.164. The summed E-state index contributed by atoms with van der Waals surface area (Å²) in [5.41, 5.74) is 2.63. The van der Waals surface area contributed by atoms with Crippen LogP contribution >= 0.6 is 0 Å². The van der Waals surface area contributed by atoms with Crippen molar-refractivity contribution >= 4 is 11.8 Å². The van der Waals surface area contributed by atoms with Crippen molar-refractivity contribution in [2.45, 2.75) is 26.6 Å². The summed E-state index contributed by atoms with van der Waals surface area (Å²) in [5, 5.41) is 0. The second-order valence-corrected chi connectivity index (χ2v) is 8.40. The van der Waals surface area contributed by atoms with Crippen molar-refractivity contribution in [3.8, 4) is 5.75 Å². The molecule has 0 atom stereocenters. The zero-order valence-electron chi connectivity index (χ0n) is 19.6. The van der Waals surface area contributed by atoms with Crippen LogP contribution in [0, 0.1) is 0 Å². The summed E-state index contributed by atoms with van der Waals surface area (Å²) < 4.78 is 11.0. The molecule has 2 amide bonds. The maximum absolute atomic E-state index is 12.9. The van der Waals surface area contributed by atoms with E-state index in [0.717, 1.165) is 11.3 Å². The van der Waals surface area contributed by atoms with Gasteiger partial charge in [0.15, 0.2) is 5.69 Å². The minimum absolute atomic E-state index is 0.0335. The third-order valence-corrected chi connectivity index (χ3v) is 5.96. The Morgan fingerprint density at radius 2 is 1.53 bits per heavy atom. The van der Waals surface area contributed by atoms with Crippen LogP contribution in [0.2, 0.25) is 0 Å². The van der Waals surface area contributed by atoms with Gasteiger partial charge in [-0.2, -0.15) is 0 Å². The first kappa shape index (κ1) is 23.5. The number of carbonyl (C=O) groups is 2. The molecular formula is C26H30N4O4. The van der Waals surface area contributed by atoms with Gasteiger partial charge >= 0.3 is 0 Å². The fraction of sp³-hybridized carbons (Fsp3) is 0.346. The summed E-state index contributed by atoms with van der Waals surface area (Å²) in [7, 11) is 1.65. The van der Waals surface area contributed by atoms with Gasteiger partial charge < -0.3 is 19.0 Å². The Morgan fingerprint density at radius 3 is 2.15 bits per heavy atom. The standard InChI is InChI=1S/C26H30N4O4/c1-20(31)29-12-14-30(15-13-29)26(32)24-19-34-25(27-24)18-28(16-21-6-4-3-5-7-21)17-22-8-10-23(33-2)11-9-22/h3-11,19H,12-18H2,1-2H3. The average molecular weight is 463 g/mol. The van der Waals surface area contributed by atoms with E-state index >= 15 is 0 Å².